The van der Waals surface area contributed by atoms with Crippen LogP contribution in [-0.2, 0) is 24.3 Å². The van der Waals surface area contributed by atoms with Gasteiger partial charge in [-0.1, -0.05) is 49.4 Å². The van der Waals surface area contributed by atoms with Gasteiger partial charge in [0, 0.05) is 12.0 Å². The molecule has 0 bridgehead atoms. The number of ether oxygens (including phenoxy) is 1. The highest BCUT2D eigenvalue weighted by molar-refractivity contribution is 7.90. The molecule has 1 amide bonds. The van der Waals surface area contributed by atoms with Crippen molar-refractivity contribution in [2.24, 2.45) is 0 Å². The molecule has 0 aromatic heterocycles. The predicted octanol–water partition coefficient (Wildman–Crippen LogP) is 2.58. The number of hydrogen-bond donors (Lipinski definition) is 1. The molecule has 6 nitrogen and oxygen atoms in total. The Morgan fingerprint density at radius 2 is 1.73 bits per heavy atom. The molecule has 1 unspecified atom stereocenters. The third-order valence-electron chi connectivity index (χ3n) is 4.05. The molecule has 2 aromatic rings. The molecule has 1 aliphatic rings. The molecule has 0 saturated carbocycles. The molecule has 2 aromatic carbocycles. The predicted molar refractivity (Wildman–Crippen MR) is 95.3 cm³/mol. The van der Waals surface area contributed by atoms with Crippen LogP contribution in [0.25, 0.3) is 5.57 Å². The molecule has 0 aliphatic carbocycles. The summed E-state index contributed by atoms with van der Waals surface area (Å²) in [6.07, 6.45) is 1.46. The summed E-state index contributed by atoms with van der Waals surface area (Å²) in [5, 5.41) is 0. The lowest BCUT2D eigenvalue weighted by Crippen LogP contribution is -2.29. The number of nitrogens with one attached hydrogen (secondary N) is 1. The Hall–Kier alpha value is -2.93. The van der Waals surface area contributed by atoms with Crippen LogP contribution < -0.4 is 4.72 Å². The van der Waals surface area contributed by atoms with Crippen LogP contribution in [0.2, 0.25) is 0 Å². The van der Waals surface area contributed by atoms with Gasteiger partial charge in [-0.15, -0.1) is 0 Å². The molecule has 134 valence electrons. The molecule has 0 spiro atoms. The average Bonchev–Trinajstić information content (AvgIpc) is 3.03. The second kappa shape index (κ2) is 7.13. The minimum absolute atomic E-state index is 0.0230. The Morgan fingerprint density at radius 1 is 1.08 bits per heavy atom. The fourth-order valence-corrected chi connectivity index (χ4v) is 3.74. The Bertz CT molecular complexity index is 963. The minimum atomic E-state index is -3.91. The number of amides is 1. The smallest absolute Gasteiger partial charge is 0.322 e. The van der Waals surface area contributed by atoms with Gasteiger partial charge < -0.3 is 4.74 Å². The standard InChI is InChI=1S/C19H17NO5S/c1-2-17(21)20-26(23,24)15-10-8-13(9-11-15)16-12-25-19(22)18(16)14-6-4-3-5-7-14/h3-12,18H,2H2,1H3,(H,20,21). The van der Waals surface area contributed by atoms with E-state index in [4.69, 9.17) is 4.74 Å². The second-order valence-corrected chi connectivity index (χ2v) is 7.44. The van der Waals surface area contributed by atoms with Crippen molar-refractivity contribution in [1.82, 2.24) is 4.72 Å². The van der Waals surface area contributed by atoms with Gasteiger partial charge in [-0.05, 0) is 23.3 Å². The van der Waals surface area contributed by atoms with Crippen molar-refractivity contribution in [2.75, 3.05) is 0 Å². The zero-order valence-corrected chi connectivity index (χ0v) is 14.8. The van der Waals surface area contributed by atoms with Gasteiger partial charge in [-0.3, -0.25) is 9.59 Å². The van der Waals surface area contributed by atoms with Crippen LogP contribution in [0.3, 0.4) is 0 Å². The van der Waals surface area contributed by atoms with E-state index in [1.54, 1.807) is 19.1 Å². The first-order valence-electron chi connectivity index (χ1n) is 8.04. The van der Waals surface area contributed by atoms with Crippen LogP contribution in [0, 0.1) is 0 Å². The summed E-state index contributed by atoms with van der Waals surface area (Å²) in [6, 6.07) is 15.2. The lowest BCUT2D eigenvalue weighted by molar-refractivity contribution is -0.136. The van der Waals surface area contributed by atoms with Crippen molar-refractivity contribution in [3.8, 4) is 0 Å². The topological polar surface area (TPSA) is 89.5 Å². The van der Waals surface area contributed by atoms with E-state index in [1.807, 2.05) is 35.1 Å². The van der Waals surface area contributed by atoms with Crippen LogP contribution in [0.4, 0.5) is 0 Å². The van der Waals surface area contributed by atoms with E-state index in [2.05, 4.69) is 0 Å². The van der Waals surface area contributed by atoms with Crippen LogP contribution in [0.15, 0.2) is 65.8 Å². The molecule has 1 heterocycles. The van der Waals surface area contributed by atoms with Gasteiger partial charge in [0.25, 0.3) is 10.0 Å². The number of esters is 1. The largest absolute Gasteiger partial charge is 0.433 e. The van der Waals surface area contributed by atoms with E-state index in [-0.39, 0.29) is 17.3 Å². The second-order valence-electron chi connectivity index (χ2n) is 5.76. The number of rotatable bonds is 5. The molecular formula is C19H17NO5S. The number of carbonyl (C=O) groups excluding carboxylic acids is 2. The molecule has 1 aliphatic heterocycles. The molecule has 1 N–H and O–H groups in total. The van der Waals surface area contributed by atoms with E-state index in [0.717, 1.165) is 5.56 Å². The van der Waals surface area contributed by atoms with E-state index in [0.29, 0.717) is 11.1 Å². The van der Waals surface area contributed by atoms with E-state index in [9.17, 15) is 18.0 Å². The first-order chi connectivity index (χ1) is 12.4. The molecule has 0 radical (unpaired) electrons. The zero-order chi connectivity index (χ0) is 18.7. The first-order valence-corrected chi connectivity index (χ1v) is 9.52. The first kappa shape index (κ1) is 17.9. The molecule has 7 heteroatoms. The van der Waals surface area contributed by atoms with Crippen molar-refractivity contribution in [2.45, 2.75) is 24.2 Å². The normalized spacial score (nSPS) is 16.7. The summed E-state index contributed by atoms with van der Waals surface area (Å²) in [6.45, 7) is 1.57. The van der Waals surface area contributed by atoms with Gasteiger partial charge in [-0.2, -0.15) is 0 Å². The van der Waals surface area contributed by atoms with E-state index >= 15 is 0 Å². The van der Waals surface area contributed by atoms with Crippen LogP contribution >= 0.6 is 0 Å². The fourth-order valence-electron chi connectivity index (χ4n) is 2.69. The summed E-state index contributed by atoms with van der Waals surface area (Å²) in [5.74, 6) is -1.51. The van der Waals surface area contributed by atoms with Gasteiger partial charge in [0.15, 0.2) is 0 Å². The molecule has 3 rings (SSSR count). The van der Waals surface area contributed by atoms with Crippen molar-refractivity contribution < 1.29 is 22.7 Å². The van der Waals surface area contributed by atoms with E-state index < -0.39 is 21.8 Å². The van der Waals surface area contributed by atoms with Crippen molar-refractivity contribution in [3.63, 3.8) is 0 Å². The summed E-state index contributed by atoms with van der Waals surface area (Å²) in [7, 11) is -3.91. The van der Waals surface area contributed by atoms with Crippen LogP contribution in [0.5, 0.6) is 0 Å². The third kappa shape index (κ3) is 3.52. The van der Waals surface area contributed by atoms with Crippen molar-refractivity contribution in [1.29, 1.82) is 0 Å². The van der Waals surface area contributed by atoms with Gasteiger partial charge in [0.2, 0.25) is 5.91 Å². The Labute approximate surface area is 151 Å². The number of carbonyl (C=O) groups is 2. The summed E-state index contributed by atoms with van der Waals surface area (Å²) >= 11 is 0. The lowest BCUT2D eigenvalue weighted by Gasteiger charge is -2.12. The molecule has 26 heavy (non-hydrogen) atoms. The summed E-state index contributed by atoms with van der Waals surface area (Å²) < 4.78 is 31.4. The Morgan fingerprint density at radius 3 is 2.35 bits per heavy atom. The molecular weight excluding hydrogens is 354 g/mol. The molecule has 1 atom stereocenters. The van der Waals surface area contributed by atoms with E-state index in [1.165, 1.54) is 18.4 Å². The van der Waals surface area contributed by atoms with Crippen molar-refractivity contribution >= 4 is 27.5 Å². The summed E-state index contributed by atoms with van der Waals surface area (Å²) in [5.41, 5.74) is 2.13. The Balaban J connectivity index is 1.89. The lowest BCUT2D eigenvalue weighted by atomic mass is 9.89. The van der Waals surface area contributed by atoms with Crippen LogP contribution in [-0.4, -0.2) is 20.3 Å². The van der Waals surface area contributed by atoms with Gasteiger partial charge >= 0.3 is 5.97 Å². The highest BCUT2D eigenvalue weighted by Crippen LogP contribution is 2.37. The molecule has 0 saturated heterocycles. The maximum absolute atomic E-state index is 12.1. The average molecular weight is 371 g/mol. The number of sulfonamides is 1. The number of hydrogen-bond acceptors (Lipinski definition) is 5. The minimum Gasteiger partial charge on any atom is -0.433 e. The highest BCUT2D eigenvalue weighted by Gasteiger charge is 2.32. The van der Waals surface area contributed by atoms with Gasteiger partial charge in [-0.25, -0.2) is 13.1 Å². The van der Waals surface area contributed by atoms with Crippen molar-refractivity contribution in [3.05, 3.63) is 72.0 Å². The maximum Gasteiger partial charge on any atom is 0.322 e. The summed E-state index contributed by atoms with van der Waals surface area (Å²) in [4.78, 5) is 23.5. The van der Waals surface area contributed by atoms with Crippen LogP contribution in [0.1, 0.15) is 30.4 Å². The number of cyclic esters (lactones) is 1. The fraction of sp³-hybridized carbons (Fsp3) is 0.158. The van der Waals surface area contributed by atoms with Gasteiger partial charge in [0.05, 0.1) is 11.2 Å². The third-order valence-corrected chi connectivity index (χ3v) is 5.44. The monoisotopic (exact) mass is 371 g/mol. The highest BCUT2D eigenvalue weighted by atomic mass is 32.2. The Kier molecular flexibility index (Phi) is 4.90. The number of benzene rings is 2. The maximum atomic E-state index is 12.1. The van der Waals surface area contributed by atoms with Gasteiger partial charge in [0.1, 0.15) is 5.92 Å². The SMILES string of the molecule is CCC(=O)NS(=O)(=O)c1ccc(C2=COC(=O)C2c2ccccc2)cc1. The zero-order valence-electron chi connectivity index (χ0n) is 14.0. The molecule has 0 fully saturated rings. The quantitative estimate of drug-likeness (QED) is 0.816.